The van der Waals surface area contributed by atoms with E-state index in [1.807, 2.05) is 25.1 Å². The zero-order valence-electron chi connectivity index (χ0n) is 17.5. The number of methoxy groups -OCH3 is 1. The van der Waals surface area contributed by atoms with Gasteiger partial charge in [-0.2, -0.15) is 0 Å². The molecule has 162 valence electrons. The van der Waals surface area contributed by atoms with E-state index in [0.717, 1.165) is 5.56 Å². The first-order valence-electron chi connectivity index (χ1n) is 9.85. The van der Waals surface area contributed by atoms with E-state index in [-0.39, 0.29) is 23.5 Å². The Kier molecular flexibility index (Phi) is 6.14. The van der Waals surface area contributed by atoms with Crippen molar-refractivity contribution in [2.75, 3.05) is 19.0 Å². The Morgan fingerprint density at radius 3 is 2.47 bits per heavy atom. The Balaban J connectivity index is 1.74. The van der Waals surface area contributed by atoms with Gasteiger partial charge in [0.1, 0.15) is 11.3 Å². The average Bonchev–Trinajstić information content (AvgIpc) is 2.80. The molecule has 0 radical (unpaired) electrons. The highest BCUT2D eigenvalue weighted by molar-refractivity contribution is 6.32. The molecule has 1 heterocycles. The van der Waals surface area contributed by atoms with Crippen molar-refractivity contribution in [1.29, 1.82) is 0 Å². The lowest BCUT2D eigenvalue weighted by atomic mass is 10.1. The van der Waals surface area contributed by atoms with Crippen LogP contribution in [0.3, 0.4) is 0 Å². The highest BCUT2D eigenvalue weighted by atomic mass is 35.5. The van der Waals surface area contributed by atoms with Crippen LogP contribution < -0.4 is 20.2 Å². The van der Waals surface area contributed by atoms with Crippen LogP contribution in [0.15, 0.2) is 75.9 Å². The second kappa shape index (κ2) is 9.16. The molecule has 0 aliphatic heterocycles. The second-order valence-electron chi connectivity index (χ2n) is 7.12. The summed E-state index contributed by atoms with van der Waals surface area (Å²) in [5.41, 5.74) is 1.98. The first-order chi connectivity index (χ1) is 15.5. The van der Waals surface area contributed by atoms with Gasteiger partial charge in [-0.05, 0) is 61.0 Å². The molecule has 0 atom stereocenters. The first kappa shape index (κ1) is 21.5. The third-order valence-electron chi connectivity index (χ3n) is 4.89. The maximum atomic E-state index is 13.3. The summed E-state index contributed by atoms with van der Waals surface area (Å²) in [5, 5.41) is 3.44. The van der Waals surface area contributed by atoms with Gasteiger partial charge in [-0.1, -0.05) is 29.8 Å². The van der Waals surface area contributed by atoms with Crippen LogP contribution in [0, 0.1) is 6.92 Å². The zero-order chi connectivity index (χ0) is 22.7. The molecule has 7 heteroatoms. The van der Waals surface area contributed by atoms with Crippen LogP contribution in [0.25, 0.3) is 22.3 Å². The van der Waals surface area contributed by atoms with Crippen molar-refractivity contribution in [3.8, 4) is 22.8 Å². The lowest BCUT2D eigenvalue weighted by Crippen LogP contribution is -2.22. The van der Waals surface area contributed by atoms with Crippen LogP contribution in [0.5, 0.6) is 11.5 Å². The molecule has 1 amide bonds. The van der Waals surface area contributed by atoms with Gasteiger partial charge in [-0.15, -0.1) is 0 Å². The Morgan fingerprint density at radius 1 is 1.06 bits per heavy atom. The fourth-order valence-electron chi connectivity index (χ4n) is 3.22. The van der Waals surface area contributed by atoms with Crippen molar-refractivity contribution in [2.24, 2.45) is 0 Å². The molecule has 1 N–H and O–H groups in total. The summed E-state index contributed by atoms with van der Waals surface area (Å²) in [6, 6.07) is 19.2. The molecule has 0 saturated heterocycles. The lowest BCUT2D eigenvalue weighted by molar-refractivity contribution is -0.118. The van der Waals surface area contributed by atoms with Crippen molar-refractivity contribution >= 4 is 34.2 Å². The largest absolute Gasteiger partial charge is 0.497 e. The van der Waals surface area contributed by atoms with Gasteiger partial charge in [0, 0.05) is 16.3 Å². The van der Waals surface area contributed by atoms with E-state index >= 15 is 0 Å². The van der Waals surface area contributed by atoms with Crippen LogP contribution in [0.1, 0.15) is 5.56 Å². The maximum Gasteiger partial charge on any atom is 0.262 e. The lowest BCUT2D eigenvalue weighted by Gasteiger charge is -2.13. The number of amides is 1. The number of ether oxygens (including phenoxy) is 2. The zero-order valence-corrected chi connectivity index (χ0v) is 18.2. The standard InChI is InChI=1S/C25H20ClNO5/c1-15-12-21-19(13-20(15)26)23(29)25(24(32-21)16-8-10-18(30-2)11-9-16)31-14-22(28)27-17-6-4-3-5-7-17/h3-13H,14H2,1-2H3,(H,27,28). The van der Waals surface area contributed by atoms with E-state index in [1.54, 1.807) is 55.6 Å². The van der Waals surface area contributed by atoms with Crippen LogP contribution in [0.4, 0.5) is 5.69 Å². The van der Waals surface area contributed by atoms with Crippen LogP contribution >= 0.6 is 11.6 Å². The number of carbonyl (C=O) groups excluding carboxylic acids is 1. The number of rotatable bonds is 6. The molecule has 6 nitrogen and oxygen atoms in total. The van der Waals surface area contributed by atoms with E-state index < -0.39 is 11.3 Å². The van der Waals surface area contributed by atoms with Crippen LogP contribution in [0.2, 0.25) is 5.02 Å². The average molecular weight is 450 g/mol. The van der Waals surface area contributed by atoms with Crippen LogP contribution in [-0.4, -0.2) is 19.6 Å². The summed E-state index contributed by atoms with van der Waals surface area (Å²) in [7, 11) is 1.57. The molecule has 0 saturated carbocycles. The van der Waals surface area contributed by atoms with E-state index in [2.05, 4.69) is 5.32 Å². The maximum absolute atomic E-state index is 13.3. The van der Waals surface area contributed by atoms with Gasteiger partial charge in [0.2, 0.25) is 11.2 Å². The van der Waals surface area contributed by atoms with E-state index in [1.165, 1.54) is 0 Å². The molecule has 32 heavy (non-hydrogen) atoms. The van der Waals surface area contributed by atoms with Gasteiger partial charge < -0.3 is 19.2 Å². The minimum atomic E-state index is -0.411. The molecule has 4 rings (SSSR count). The highest BCUT2D eigenvalue weighted by Gasteiger charge is 2.20. The fourth-order valence-corrected chi connectivity index (χ4v) is 3.38. The quantitative estimate of drug-likeness (QED) is 0.423. The molecule has 0 bridgehead atoms. The topological polar surface area (TPSA) is 77.8 Å². The SMILES string of the molecule is COc1ccc(-c2oc3cc(C)c(Cl)cc3c(=O)c2OCC(=O)Nc2ccccc2)cc1. The van der Waals surface area contributed by atoms with Gasteiger partial charge in [0.25, 0.3) is 5.91 Å². The van der Waals surface area contributed by atoms with Crippen molar-refractivity contribution in [2.45, 2.75) is 6.92 Å². The van der Waals surface area contributed by atoms with E-state index in [0.29, 0.717) is 27.6 Å². The summed E-state index contributed by atoms with van der Waals surface area (Å²) in [5.74, 6) is 0.410. The van der Waals surface area contributed by atoms with Gasteiger partial charge in [-0.25, -0.2) is 0 Å². The number of para-hydroxylation sites is 1. The molecule has 3 aromatic carbocycles. The molecule has 1 aromatic heterocycles. The second-order valence-corrected chi connectivity index (χ2v) is 7.53. The monoisotopic (exact) mass is 449 g/mol. The van der Waals surface area contributed by atoms with Crippen molar-refractivity contribution < 1.29 is 18.7 Å². The highest BCUT2D eigenvalue weighted by Crippen LogP contribution is 2.33. The normalized spacial score (nSPS) is 10.7. The fraction of sp³-hybridized carbons (Fsp3) is 0.120. The number of benzene rings is 3. The number of hydrogen-bond acceptors (Lipinski definition) is 5. The number of hydrogen-bond donors (Lipinski definition) is 1. The Morgan fingerprint density at radius 2 is 1.78 bits per heavy atom. The predicted molar refractivity (Wildman–Crippen MR) is 125 cm³/mol. The molecule has 0 spiro atoms. The predicted octanol–water partition coefficient (Wildman–Crippen LogP) is 5.45. The molecular weight excluding hydrogens is 430 g/mol. The third-order valence-corrected chi connectivity index (χ3v) is 5.29. The molecule has 4 aromatic rings. The first-order valence-corrected chi connectivity index (χ1v) is 10.2. The third kappa shape index (κ3) is 4.45. The summed E-state index contributed by atoms with van der Waals surface area (Å²) in [4.78, 5) is 25.7. The number of fused-ring (bicyclic) bond motifs is 1. The minimum Gasteiger partial charge on any atom is -0.497 e. The number of halogens is 1. The van der Waals surface area contributed by atoms with Gasteiger partial charge in [0.05, 0.1) is 12.5 Å². The molecule has 0 fully saturated rings. The Labute approximate surface area is 189 Å². The Bertz CT molecular complexity index is 1330. The van der Waals surface area contributed by atoms with Crippen molar-refractivity contribution in [3.63, 3.8) is 0 Å². The molecule has 0 aliphatic rings. The Hall–Kier alpha value is -3.77. The summed E-state index contributed by atoms with van der Waals surface area (Å²) in [6.07, 6.45) is 0. The number of anilines is 1. The van der Waals surface area contributed by atoms with Crippen LogP contribution in [-0.2, 0) is 4.79 Å². The summed E-state index contributed by atoms with van der Waals surface area (Å²) >= 11 is 6.22. The van der Waals surface area contributed by atoms with Gasteiger partial charge in [0.15, 0.2) is 12.4 Å². The minimum absolute atomic E-state index is 0.0641. The molecule has 0 aliphatic carbocycles. The number of aryl methyl sites for hydroxylation is 1. The smallest absolute Gasteiger partial charge is 0.262 e. The summed E-state index contributed by atoms with van der Waals surface area (Å²) < 4.78 is 17.0. The molecule has 0 unspecified atom stereocenters. The number of nitrogens with one attached hydrogen (secondary N) is 1. The summed E-state index contributed by atoms with van der Waals surface area (Å²) in [6.45, 7) is 1.46. The van der Waals surface area contributed by atoms with Crippen molar-refractivity contribution in [3.05, 3.63) is 87.5 Å². The van der Waals surface area contributed by atoms with E-state index in [4.69, 9.17) is 25.5 Å². The van der Waals surface area contributed by atoms with E-state index in [9.17, 15) is 9.59 Å². The number of carbonyl (C=O) groups is 1. The van der Waals surface area contributed by atoms with Crippen molar-refractivity contribution in [1.82, 2.24) is 0 Å². The molecular formula is C25H20ClNO5. The van der Waals surface area contributed by atoms with Gasteiger partial charge >= 0.3 is 0 Å². The van der Waals surface area contributed by atoms with Gasteiger partial charge in [-0.3, -0.25) is 9.59 Å².